The van der Waals surface area contributed by atoms with Gasteiger partial charge in [-0.3, -0.25) is 9.79 Å². The molecule has 3 nitrogen and oxygen atoms in total. The molecule has 0 heterocycles. The molecule has 0 fully saturated rings. The van der Waals surface area contributed by atoms with Gasteiger partial charge < -0.3 is 5.11 Å². The molecule has 3 aromatic rings. The first-order valence-corrected chi connectivity index (χ1v) is 8.29. The highest BCUT2D eigenvalue weighted by molar-refractivity contribution is 6.03. The van der Waals surface area contributed by atoms with E-state index in [4.69, 9.17) is 0 Å². The third-order valence-electron chi connectivity index (χ3n) is 4.60. The third-order valence-corrected chi connectivity index (χ3v) is 4.60. The van der Waals surface area contributed by atoms with E-state index in [9.17, 15) is 9.90 Å². The fourth-order valence-corrected chi connectivity index (χ4v) is 2.85. The highest BCUT2D eigenvalue weighted by Gasteiger charge is 2.28. The number of carbonyl (C=O) groups is 1. The van der Waals surface area contributed by atoms with Crippen molar-refractivity contribution in [3.63, 3.8) is 0 Å². The van der Waals surface area contributed by atoms with Crippen molar-refractivity contribution < 1.29 is 9.90 Å². The Kier molecular flexibility index (Phi) is 4.66. The van der Waals surface area contributed by atoms with Gasteiger partial charge >= 0.3 is 0 Å². The van der Waals surface area contributed by atoms with Gasteiger partial charge in [0, 0.05) is 11.8 Å². The summed E-state index contributed by atoms with van der Waals surface area (Å²) in [6.07, 6.45) is 1.59. The number of carbonyl (C=O) groups excluding carboxylic acids is 1. The Morgan fingerprint density at radius 3 is 2.44 bits per heavy atom. The highest BCUT2D eigenvalue weighted by atomic mass is 16.3. The van der Waals surface area contributed by atoms with Crippen molar-refractivity contribution in [3.05, 3.63) is 77.9 Å². The van der Waals surface area contributed by atoms with Crippen LogP contribution in [0.2, 0.25) is 0 Å². The highest BCUT2D eigenvalue weighted by Crippen LogP contribution is 2.26. The maximum Gasteiger partial charge on any atom is 0.164 e. The molecule has 0 aliphatic carbocycles. The fourth-order valence-electron chi connectivity index (χ4n) is 2.85. The van der Waals surface area contributed by atoms with Gasteiger partial charge in [-0.15, -0.1) is 0 Å². The molecule has 0 aliphatic rings. The van der Waals surface area contributed by atoms with Crippen LogP contribution >= 0.6 is 0 Å². The molecule has 3 aromatic carbocycles. The van der Waals surface area contributed by atoms with Gasteiger partial charge in [0.15, 0.2) is 5.78 Å². The molecule has 3 rings (SSSR count). The molecule has 25 heavy (non-hydrogen) atoms. The Hall–Kier alpha value is -2.94. The molecule has 0 aliphatic heterocycles. The number of ketones is 1. The Morgan fingerprint density at radius 1 is 1.00 bits per heavy atom. The molecule has 0 spiro atoms. The normalized spacial score (nSPS) is 11.9. The van der Waals surface area contributed by atoms with Gasteiger partial charge in [0.25, 0.3) is 0 Å². The number of rotatable bonds is 5. The number of phenols is 1. The lowest BCUT2D eigenvalue weighted by molar-refractivity contribution is -0.122. The van der Waals surface area contributed by atoms with Crippen molar-refractivity contribution in [2.75, 3.05) is 6.54 Å². The van der Waals surface area contributed by atoms with Gasteiger partial charge in [-0.1, -0.05) is 60.7 Å². The van der Waals surface area contributed by atoms with Crippen LogP contribution in [0.4, 0.5) is 0 Å². The van der Waals surface area contributed by atoms with Crippen molar-refractivity contribution >= 4 is 22.8 Å². The Labute approximate surface area is 147 Å². The molecule has 0 amide bonds. The summed E-state index contributed by atoms with van der Waals surface area (Å²) in [5.74, 6) is 0.201. The summed E-state index contributed by atoms with van der Waals surface area (Å²) in [4.78, 5) is 16.9. The summed E-state index contributed by atoms with van der Waals surface area (Å²) in [5, 5.41) is 12.1. The predicted octanol–water partition coefficient (Wildman–Crippen LogP) is 4.51. The monoisotopic (exact) mass is 331 g/mol. The molecule has 0 saturated carbocycles. The van der Waals surface area contributed by atoms with E-state index >= 15 is 0 Å². The minimum absolute atomic E-state index is 0.0367. The summed E-state index contributed by atoms with van der Waals surface area (Å²) in [5.41, 5.74) is 1.02. The lowest BCUT2D eigenvalue weighted by atomic mass is 9.80. The summed E-state index contributed by atoms with van der Waals surface area (Å²) >= 11 is 0. The number of fused-ring (bicyclic) bond motifs is 1. The van der Waals surface area contributed by atoms with Crippen LogP contribution in [-0.2, 0) is 10.2 Å². The first-order chi connectivity index (χ1) is 12.0. The van der Waals surface area contributed by atoms with Crippen molar-refractivity contribution in [2.24, 2.45) is 4.99 Å². The van der Waals surface area contributed by atoms with Crippen LogP contribution < -0.4 is 0 Å². The fraction of sp³-hybridized carbons (Fsp3) is 0.182. The lowest BCUT2D eigenvalue weighted by Gasteiger charge is -2.22. The average Bonchev–Trinajstić information content (AvgIpc) is 2.64. The molecule has 0 radical (unpaired) electrons. The van der Waals surface area contributed by atoms with E-state index < -0.39 is 5.41 Å². The van der Waals surface area contributed by atoms with Gasteiger partial charge in [0.05, 0.1) is 12.0 Å². The predicted molar refractivity (Wildman–Crippen MR) is 103 cm³/mol. The van der Waals surface area contributed by atoms with E-state index in [0.29, 0.717) is 5.56 Å². The molecule has 0 aromatic heterocycles. The molecule has 1 N–H and O–H groups in total. The van der Waals surface area contributed by atoms with Crippen LogP contribution in [0, 0.1) is 0 Å². The topological polar surface area (TPSA) is 49.7 Å². The van der Waals surface area contributed by atoms with Crippen molar-refractivity contribution in [3.8, 4) is 5.75 Å². The zero-order valence-corrected chi connectivity index (χ0v) is 14.4. The minimum atomic E-state index is -0.598. The Morgan fingerprint density at radius 2 is 1.68 bits per heavy atom. The molecular weight excluding hydrogens is 310 g/mol. The van der Waals surface area contributed by atoms with Gasteiger partial charge in [0.1, 0.15) is 5.75 Å². The van der Waals surface area contributed by atoms with E-state index in [2.05, 4.69) is 4.99 Å². The quantitative estimate of drug-likeness (QED) is 0.699. The van der Waals surface area contributed by atoms with E-state index in [1.165, 1.54) is 0 Å². The van der Waals surface area contributed by atoms with Crippen LogP contribution in [0.5, 0.6) is 5.75 Å². The zero-order chi connectivity index (χ0) is 17.9. The second-order valence-electron chi connectivity index (χ2n) is 6.60. The Bertz CT molecular complexity index is 927. The van der Waals surface area contributed by atoms with Gasteiger partial charge in [-0.05, 0) is 36.2 Å². The standard InChI is InChI=1S/C22H21NO2/c1-22(2,17-9-4-3-5-10-17)21(25)15-23-14-19-18-11-7-6-8-16(18)12-13-20(19)24/h3-14,24H,15H2,1-2H3. The summed E-state index contributed by atoms with van der Waals surface area (Å²) in [6, 6.07) is 21.0. The summed E-state index contributed by atoms with van der Waals surface area (Å²) in [7, 11) is 0. The minimum Gasteiger partial charge on any atom is -0.507 e. The van der Waals surface area contributed by atoms with Gasteiger partial charge in [-0.25, -0.2) is 0 Å². The van der Waals surface area contributed by atoms with Crippen molar-refractivity contribution in [2.45, 2.75) is 19.3 Å². The van der Waals surface area contributed by atoms with Gasteiger partial charge in [-0.2, -0.15) is 0 Å². The van der Waals surface area contributed by atoms with Crippen LogP contribution in [0.15, 0.2) is 71.7 Å². The number of benzene rings is 3. The van der Waals surface area contributed by atoms with Crippen molar-refractivity contribution in [1.82, 2.24) is 0 Å². The number of aromatic hydroxyl groups is 1. The van der Waals surface area contributed by atoms with E-state index in [1.54, 1.807) is 12.3 Å². The molecular formula is C22H21NO2. The van der Waals surface area contributed by atoms with Gasteiger partial charge in [0.2, 0.25) is 0 Å². The zero-order valence-electron chi connectivity index (χ0n) is 14.4. The third kappa shape index (κ3) is 3.45. The SMILES string of the molecule is CC(C)(C(=O)CN=Cc1c(O)ccc2ccccc12)c1ccccc1. The van der Waals surface area contributed by atoms with E-state index in [1.807, 2.05) is 74.5 Å². The van der Waals surface area contributed by atoms with Crippen molar-refractivity contribution in [1.29, 1.82) is 0 Å². The number of aliphatic imine (C=N–C) groups is 1. The lowest BCUT2D eigenvalue weighted by Crippen LogP contribution is -2.31. The number of nitrogens with zero attached hydrogens (tertiary/aromatic N) is 1. The van der Waals surface area contributed by atoms with Crippen LogP contribution in [0.1, 0.15) is 25.0 Å². The number of hydrogen-bond acceptors (Lipinski definition) is 3. The first-order valence-electron chi connectivity index (χ1n) is 8.29. The molecule has 0 saturated heterocycles. The van der Waals surface area contributed by atoms with Crippen LogP contribution in [-0.4, -0.2) is 23.6 Å². The van der Waals surface area contributed by atoms with Crippen LogP contribution in [0.25, 0.3) is 10.8 Å². The second kappa shape index (κ2) is 6.89. The molecule has 0 atom stereocenters. The smallest absolute Gasteiger partial charge is 0.164 e. The largest absolute Gasteiger partial charge is 0.507 e. The molecule has 0 unspecified atom stereocenters. The summed E-state index contributed by atoms with van der Waals surface area (Å²) < 4.78 is 0. The molecule has 3 heteroatoms. The van der Waals surface area contributed by atoms with E-state index in [-0.39, 0.29) is 18.1 Å². The maximum absolute atomic E-state index is 12.6. The number of Topliss-reactive ketones (excluding diaryl/α,β-unsaturated/α-hetero) is 1. The average molecular weight is 331 g/mol. The Balaban J connectivity index is 1.82. The first kappa shape index (κ1) is 16.9. The summed E-state index contributed by atoms with van der Waals surface area (Å²) in [6.45, 7) is 3.90. The van der Waals surface area contributed by atoms with E-state index in [0.717, 1.165) is 16.3 Å². The maximum atomic E-state index is 12.6. The molecule has 126 valence electrons. The molecule has 0 bridgehead atoms. The number of hydrogen-bond donors (Lipinski definition) is 1. The number of phenolic OH excluding ortho intramolecular Hbond substituents is 1. The van der Waals surface area contributed by atoms with Crippen LogP contribution in [0.3, 0.4) is 0 Å². The second-order valence-corrected chi connectivity index (χ2v) is 6.60.